The molecule has 0 aromatic heterocycles. The third-order valence-electron chi connectivity index (χ3n) is 2.03. The lowest BCUT2D eigenvalue weighted by Crippen LogP contribution is -2.17. The van der Waals surface area contributed by atoms with Crippen LogP contribution in [0, 0.1) is 5.41 Å². The minimum atomic E-state index is -3.80. The molecule has 0 saturated carbocycles. The molecule has 0 atom stereocenters. The van der Waals surface area contributed by atoms with Gasteiger partial charge in [-0.1, -0.05) is 6.92 Å². The molecular formula is C10H15N3O3S. The van der Waals surface area contributed by atoms with Crippen LogP contribution in [0.2, 0.25) is 0 Å². The fourth-order valence-electron chi connectivity index (χ4n) is 1.23. The fourth-order valence-corrected chi connectivity index (χ4v) is 1.77. The number of hydrogen-bond acceptors (Lipinski definition) is 4. The van der Waals surface area contributed by atoms with Crippen LogP contribution in [0.5, 0.6) is 5.75 Å². The van der Waals surface area contributed by atoms with Crippen LogP contribution in [0.15, 0.2) is 23.1 Å². The van der Waals surface area contributed by atoms with Gasteiger partial charge in [0.2, 0.25) is 10.0 Å². The summed E-state index contributed by atoms with van der Waals surface area (Å²) in [5, 5.41) is 12.4. The van der Waals surface area contributed by atoms with Gasteiger partial charge in [0.1, 0.15) is 11.6 Å². The van der Waals surface area contributed by atoms with E-state index in [-0.39, 0.29) is 16.3 Å². The van der Waals surface area contributed by atoms with E-state index in [0.29, 0.717) is 12.4 Å². The summed E-state index contributed by atoms with van der Waals surface area (Å²) in [6.45, 7) is 2.40. The van der Waals surface area contributed by atoms with Crippen molar-refractivity contribution in [2.45, 2.75) is 18.2 Å². The van der Waals surface area contributed by atoms with Gasteiger partial charge in [-0.05, 0) is 24.6 Å². The summed E-state index contributed by atoms with van der Waals surface area (Å²) in [4.78, 5) is -0.0912. The lowest BCUT2D eigenvalue weighted by atomic mass is 10.2. The summed E-state index contributed by atoms with van der Waals surface area (Å²) < 4.78 is 27.7. The van der Waals surface area contributed by atoms with E-state index in [2.05, 4.69) is 0 Å². The van der Waals surface area contributed by atoms with Crippen molar-refractivity contribution < 1.29 is 13.2 Å². The van der Waals surface area contributed by atoms with Gasteiger partial charge in [-0.2, -0.15) is 0 Å². The number of hydrogen-bond donors (Lipinski definition) is 3. The molecule has 0 amide bonds. The van der Waals surface area contributed by atoms with Crippen molar-refractivity contribution in [1.82, 2.24) is 0 Å². The molecule has 94 valence electrons. The molecule has 0 bridgehead atoms. The molecule has 17 heavy (non-hydrogen) atoms. The molecule has 1 aromatic rings. The number of rotatable bonds is 5. The highest BCUT2D eigenvalue weighted by atomic mass is 32.2. The van der Waals surface area contributed by atoms with E-state index in [9.17, 15) is 8.42 Å². The van der Waals surface area contributed by atoms with Crippen LogP contribution in [-0.4, -0.2) is 20.9 Å². The highest BCUT2D eigenvalue weighted by Gasteiger charge is 2.13. The summed E-state index contributed by atoms with van der Waals surface area (Å²) in [7, 11) is -3.80. The molecule has 0 radical (unpaired) electrons. The Kier molecular flexibility index (Phi) is 4.08. The SMILES string of the molecule is CCCOc1ccc(S(N)(=O)=O)cc1C(=N)N. The van der Waals surface area contributed by atoms with E-state index in [1.54, 1.807) is 0 Å². The van der Waals surface area contributed by atoms with Gasteiger partial charge in [0, 0.05) is 0 Å². The Hall–Kier alpha value is -1.60. The van der Waals surface area contributed by atoms with Crippen LogP contribution in [0.4, 0.5) is 0 Å². The Morgan fingerprint density at radius 1 is 1.47 bits per heavy atom. The largest absolute Gasteiger partial charge is 0.493 e. The standard InChI is InChI=1S/C10H15N3O3S/c1-2-5-16-9-4-3-7(17(13,14)15)6-8(9)10(11)12/h3-4,6H,2,5H2,1H3,(H3,11,12)(H2,13,14,15). The average molecular weight is 257 g/mol. The first-order valence-electron chi connectivity index (χ1n) is 5.00. The van der Waals surface area contributed by atoms with Gasteiger partial charge in [0.05, 0.1) is 17.1 Å². The predicted octanol–water partition coefficient (Wildman–Crippen LogP) is 0.407. The zero-order valence-corrected chi connectivity index (χ0v) is 10.3. The monoisotopic (exact) mass is 257 g/mol. The maximum atomic E-state index is 11.2. The molecule has 1 aromatic carbocycles. The van der Waals surface area contributed by atoms with Gasteiger partial charge in [-0.3, -0.25) is 5.41 Å². The number of ether oxygens (including phenoxy) is 1. The average Bonchev–Trinajstić information content (AvgIpc) is 2.24. The zero-order chi connectivity index (χ0) is 13.1. The van der Waals surface area contributed by atoms with E-state index in [1.807, 2.05) is 6.92 Å². The van der Waals surface area contributed by atoms with Crippen molar-refractivity contribution in [3.8, 4) is 5.75 Å². The van der Waals surface area contributed by atoms with Gasteiger partial charge in [-0.15, -0.1) is 0 Å². The Morgan fingerprint density at radius 2 is 2.12 bits per heavy atom. The second kappa shape index (κ2) is 5.15. The molecule has 5 N–H and O–H groups in total. The van der Waals surface area contributed by atoms with E-state index >= 15 is 0 Å². The first-order chi connectivity index (χ1) is 7.86. The summed E-state index contributed by atoms with van der Waals surface area (Å²) in [6, 6.07) is 4.02. The fraction of sp³-hybridized carbons (Fsp3) is 0.300. The quantitative estimate of drug-likeness (QED) is 0.522. The van der Waals surface area contributed by atoms with Crippen LogP contribution in [-0.2, 0) is 10.0 Å². The van der Waals surface area contributed by atoms with E-state index in [4.69, 9.17) is 21.0 Å². The molecule has 0 aliphatic heterocycles. The van der Waals surface area contributed by atoms with Crippen molar-refractivity contribution in [3.05, 3.63) is 23.8 Å². The van der Waals surface area contributed by atoms with Crippen LogP contribution >= 0.6 is 0 Å². The first-order valence-corrected chi connectivity index (χ1v) is 6.55. The minimum absolute atomic E-state index is 0.0912. The lowest BCUT2D eigenvalue weighted by molar-refractivity contribution is 0.316. The Morgan fingerprint density at radius 3 is 2.59 bits per heavy atom. The van der Waals surface area contributed by atoms with Crippen molar-refractivity contribution >= 4 is 15.9 Å². The number of primary sulfonamides is 1. The number of sulfonamides is 1. The molecule has 6 nitrogen and oxygen atoms in total. The summed E-state index contributed by atoms with van der Waals surface area (Å²) in [5.74, 6) is 0.119. The molecule has 0 heterocycles. The zero-order valence-electron chi connectivity index (χ0n) is 9.43. The third kappa shape index (κ3) is 3.43. The number of nitrogens with one attached hydrogen (secondary N) is 1. The van der Waals surface area contributed by atoms with Crippen LogP contribution in [0.1, 0.15) is 18.9 Å². The van der Waals surface area contributed by atoms with Gasteiger partial charge in [0.25, 0.3) is 0 Å². The van der Waals surface area contributed by atoms with E-state index in [0.717, 1.165) is 6.42 Å². The number of nitrogens with two attached hydrogens (primary N) is 2. The number of amidine groups is 1. The van der Waals surface area contributed by atoms with Crippen molar-refractivity contribution in [3.63, 3.8) is 0 Å². The lowest BCUT2D eigenvalue weighted by Gasteiger charge is -2.10. The maximum Gasteiger partial charge on any atom is 0.238 e. The Labute approximate surface area is 100 Å². The number of nitrogen functional groups attached to an aromatic ring is 1. The second-order valence-corrected chi connectivity index (χ2v) is 5.03. The highest BCUT2D eigenvalue weighted by molar-refractivity contribution is 7.89. The van der Waals surface area contributed by atoms with Gasteiger partial charge < -0.3 is 10.5 Å². The minimum Gasteiger partial charge on any atom is -0.493 e. The summed E-state index contributed by atoms with van der Waals surface area (Å²) in [5.41, 5.74) is 5.59. The molecule has 0 unspecified atom stereocenters. The first kappa shape index (κ1) is 13.5. The third-order valence-corrected chi connectivity index (χ3v) is 2.94. The van der Waals surface area contributed by atoms with Crippen LogP contribution in [0.3, 0.4) is 0 Å². The van der Waals surface area contributed by atoms with Crippen molar-refractivity contribution in [1.29, 1.82) is 5.41 Å². The Bertz CT molecular complexity index is 526. The second-order valence-electron chi connectivity index (χ2n) is 3.47. The van der Waals surface area contributed by atoms with Gasteiger partial charge in [-0.25, -0.2) is 13.6 Å². The molecule has 0 saturated heterocycles. The molecule has 0 spiro atoms. The highest BCUT2D eigenvalue weighted by Crippen LogP contribution is 2.21. The molecule has 1 rings (SSSR count). The van der Waals surface area contributed by atoms with E-state index < -0.39 is 10.0 Å². The number of benzene rings is 1. The summed E-state index contributed by atoms with van der Waals surface area (Å²) in [6.07, 6.45) is 0.800. The normalized spacial score (nSPS) is 11.2. The molecule has 0 aliphatic rings. The van der Waals surface area contributed by atoms with Crippen molar-refractivity contribution in [2.75, 3.05) is 6.61 Å². The molecule has 7 heteroatoms. The van der Waals surface area contributed by atoms with E-state index in [1.165, 1.54) is 18.2 Å². The smallest absolute Gasteiger partial charge is 0.238 e. The maximum absolute atomic E-state index is 11.2. The molecule has 0 aliphatic carbocycles. The molecular weight excluding hydrogens is 242 g/mol. The van der Waals surface area contributed by atoms with Gasteiger partial charge >= 0.3 is 0 Å². The van der Waals surface area contributed by atoms with Crippen LogP contribution < -0.4 is 15.6 Å². The van der Waals surface area contributed by atoms with Crippen LogP contribution in [0.25, 0.3) is 0 Å². The Balaban J connectivity index is 3.22. The van der Waals surface area contributed by atoms with Crippen molar-refractivity contribution in [2.24, 2.45) is 10.9 Å². The topological polar surface area (TPSA) is 119 Å². The molecule has 0 fully saturated rings. The van der Waals surface area contributed by atoms with Gasteiger partial charge in [0.15, 0.2) is 0 Å². The predicted molar refractivity (Wildman–Crippen MR) is 64.6 cm³/mol. The summed E-state index contributed by atoms with van der Waals surface area (Å²) >= 11 is 0.